The van der Waals surface area contributed by atoms with E-state index in [1.54, 1.807) is 0 Å². The van der Waals surface area contributed by atoms with Crippen molar-refractivity contribution in [3.05, 3.63) is 47.7 Å². The van der Waals surface area contributed by atoms with Crippen LogP contribution in [0.3, 0.4) is 0 Å². The van der Waals surface area contributed by atoms with Crippen molar-refractivity contribution in [2.24, 2.45) is 11.3 Å². The minimum Gasteiger partial charge on any atom is -0.369 e. The summed E-state index contributed by atoms with van der Waals surface area (Å²) in [6.45, 7) is 5.67. The molecular weight excluding hydrogens is 553 g/mol. The van der Waals surface area contributed by atoms with Crippen LogP contribution < -0.4 is 10.6 Å². The molecular formula is C26H32F5N7O3. The van der Waals surface area contributed by atoms with Crippen molar-refractivity contribution >= 4 is 17.5 Å². The molecule has 0 aliphatic heterocycles. The maximum absolute atomic E-state index is 13.8. The molecule has 0 spiro atoms. The van der Waals surface area contributed by atoms with Crippen LogP contribution in [0, 0.1) is 11.3 Å². The third-order valence-corrected chi connectivity index (χ3v) is 7.16. The van der Waals surface area contributed by atoms with Crippen molar-refractivity contribution in [3.8, 4) is 0 Å². The van der Waals surface area contributed by atoms with E-state index >= 15 is 0 Å². The summed E-state index contributed by atoms with van der Waals surface area (Å²) in [4.78, 5) is 29.7. The third kappa shape index (κ3) is 6.82. The van der Waals surface area contributed by atoms with Crippen molar-refractivity contribution in [2.75, 3.05) is 0 Å². The van der Waals surface area contributed by atoms with Crippen LogP contribution in [0.5, 0.6) is 0 Å². The van der Waals surface area contributed by atoms with Crippen LogP contribution in [0.1, 0.15) is 93.4 Å². The van der Waals surface area contributed by atoms with Gasteiger partial charge in [0.15, 0.2) is 11.9 Å². The molecule has 41 heavy (non-hydrogen) atoms. The number of carbonyl (C=O) groups is 2. The topological polar surface area (TPSA) is 126 Å². The van der Waals surface area contributed by atoms with Crippen molar-refractivity contribution in [1.29, 1.82) is 0 Å². The van der Waals surface area contributed by atoms with Gasteiger partial charge in [-0.1, -0.05) is 13.8 Å². The first kappa shape index (κ1) is 30.3. The Morgan fingerprint density at radius 3 is 2.46 bits per heavy atom. The number of aliphatic hydroxyl groups excluding tert-OH is 1. The van der Waals surface area contributed by atoms with E-state index in [0.29, 0.717) is 0 Å². The highest BCUT2D eigenvalue weighted by atomic mass is 19.4. The van der Waals surface area contributed by atoms with Gasteiger partial charge in [-0.2, -0.15) is 23.4 Å². The number of fused-ring (bicyclic) bond motifs is 1. The highest BCUT2D eigenvalue weighted by Crippen LogP contribution is 2.45. The summed E-state index contributed by atoms with van der Waals surface area (Å²) < 4.78 is 70.2. The summed E-state index contributed by atoms with van der Waals surface area (Å²) in [7, 11) is 0. The molecule has 224 valence electrons. The molecule has 1 saturated carbocycles. The van der Waals surface area contributed by atoms with E-state index in [9.17, 15) is 36.6 Å². The number of alkyl halides is 5. The Labute approximate surface area is 232 Å². The lowest BCUT2D eigenvalue weighted by molar-refractivity contribution is -0.215. The van der Waals surface area contributed by atoms with Crippen molar-refractivity contribution in [1.82, 2.24) is 35.0 Å². The predicted octanol–water partition coefficient (Wildman–Crippen LogP) is 4.50. The maximum atomic E-state index is 13.8. The fraction of sp³-hybridized carbons (Fsp3) is 0.577. The molecule has 0 bridgehead atoms. The molecule has 2 amide bonds. The SMILES string of the molecule is CC(C)n1nccc1C(=O)N[C@@H](CC(C)(C)C(F)(F)F)c1cn2ncc([C@@H](O)NC(=O)CC3CC(F)(F)C3)cc2n1. The molecule has 0 radical (unpaired) electrons. The summed E-state index contributed by atoms with van der Waals surface area (Å²) in [5.74, 6) is -4.48. The van der Waals surface area contributed by atoms with E-state index in [4.69, 9.17) is 0 Å². The number of rotatable bonds is 10. The van der Waals surface area contributed by atoms with Gasteiger partial charge in [-0.25, -0.2) is 18.3 Å². The zero-order chi connectivity index (χ0) is 30.3. The molecule has 0 aromatic carbocycles. The molecule has 3 aromatic rings. The fourth-order valence-electron chi connectivity index (χ4n) is 4.71. The molecule has 2 atom stereocenters. The average molecular weight is 586 g/mol. The van der Waals surface area contributed by atoms with E-state index in [1.807, 2.05) is 13.8 Å². The monoisotopic (exact) mass is 585 g/mol. The van der Waals surface area contributed by atoms with Gasteiger partial charge in [0, 0.05) is 37.1 Å². The second-order valence-corrected chi connectivity index (χ2v) is 11.4. The highest BCUT2D eigenvalue weighted by molar-refractivity contribution is 5.92. The van der Waals surface area contributed by atoms with Crippen LogP contribution in [0.4, 0.5) is 22.0 Å². The van der Waals surface area contributed by atoms with Crippen LogP contribution >= 0.6 is 0 Å². The number of halogens is 5. The van der Waals surface area contributed by atoms with Crippen molar-refractivity contribution < 1.29 is 36.6 Å². The number of hydrogen-bond donors (Lipinski definition) is 3. The van der Waals surface area contributed by atoms with E-state index in [2.05, 4.69) is 25.8 Å². The summed E-state index contributed by atoms with van der Waals surface area (Å²) in [6, 6.07) is 1.49. The average Bonchev–Trinajstić information content (AvgIpc) is 3.48. The minimum absolute atomic E-state index is 0.0976. The Morgan fingerprint density at radius 1 is 1.17 bits per heavy atom. The van der Waals surface area contributed by atoms with E-state index in [0.717, 1.165) is 13.8 Å². The number of amides is 2. The Kier molecular flexibility index (Phi) is 8.13. The van der Waals surface area contributed by atoms with E-state index in [-0.39, 0.29) is 47.9 Å². The first-order chi connectivity index (χ1) is 19.0. The summed E-state index contributed by atoms with van der Waals surface area (Å²) >= 11 is 0. The van der Waals surface area contributed by atoms with E-state index in [1.165, 1.54) is 39.9 Å². The molecule has 10 nitrogen and oxygen atoms in total. The molecule has 15 heteroatoms. The lowest BCUT2D eigenvalue weighted by Crippen LogP contribution is -2.39. The molecule has 1 fully saturated rings. The zero-order valence-corrected chi connectivity index (χ0v) is 22.9. The molecule has 3 aromatic heterocycles. The number of nitrogens with zero attached hydrogens (tertiary/aromatic N) is 5. The maximum Gasteiger partial charge on any atom is 0.394 e. The fourth-order valence-corrected chi connectivity index (χ4v) is 4.71. The molecule has 3 heterocycles. The summed E-state index contributed by atoms with van der Waals surface area (Å²) in [5.41, 5.74) is -1.66. The number of imidazole rings is 1. The molecule has 3 N–H and O–H groups in total. The normalized spacial score (nSPS) is 17.3. The van der Waals surface area contributed by atoms with Crippen LogP contribution in [-0.4, -0.2) is 53.4 Å². The summed E-state index contributed by atoms with van der Waals surface area (Å²) in [6.07, 6.45) is -3.53. The minimum atomic E-state index is -4.57. The summed E-state index contributed by atoms with van der Waals surface area (Å²) in [5, 5.41) is 23.7. The van der Waals surface area contributed by atoms with Crippen LogP contribution in [0.2, 0.25) is 0 Å². The standard InChI is InChI=1S/C26H32F5N7O3/c1-14(2)38-19(5-6-32-38)23(41)35-17(11-24(3,4)26(29,30)31)18-13-37-20(34-18)8-16(12-33-37)22(40)36-21(39)7-15-9-25(27,28)10-15/h5-6,8,12-15,17,22,40H,7,9-11H2,1-4H3,(H,35,41)(H,36,39)/t17-,22+/m0/s1. The van der Waals surface area contributed by atoms with Gasteiger partial charge in [-0.05, 0) is 38.3 Å². The Morgan fingerprint density at radius 2 is 1.85 bits per heavy atom. The first-order valence-corrected chi connectivity index (χ1v) is 13.1. The smallest absolute Gasteiger partial charge is 0.369 e. The van der Waals surface area contributed by atoms with E-state index < -0.39 is 53.9 Å². The number of aliphatic hydroxyl groups is 1. The largest absolute Gasteiger partial charge is 0.394 e. The number of hydrogen-bond acceptors (Lipinski definition) is 6. The van der Waals surface area contributed by atoms with Gasteiger partial charge in [0.2, 0.25) is 11.8 Å². The number of nitrogens with one attached hydrogen (secondary N) is 2. The third-order valence-electron chi connectivity index (χ3n) is 7.16. The quantitative estimate of drug-likeness (QED) is 0.238. The predicted molar refractivity (Wildman–Crippen MR) is 136 cm³/mol. The van der Waals surface area contributed by atoms with Crippen molar-refractivity contribution in [3.63, 3.8) is 0 Å². The van der Waals surface area contributed by atoms with Gasteiger partial charge < -0.3 is 15.7 Å². The van der Waals surface area contributed by atoms with Crippen LogP contribution in [0.25, 0.3) is 5.65 Å². The zero-order valence-electron chi connectivity index (χ0n) is 22.9. The van der Waals surface area contributed by atoms with Gasteiger partial charge >= 0.3 is 6.18 Å². The first-order valence-electron chi connectivity index (χ1n) is 13.1. The number of carbonyl (C=O) groups excluding carboxylic acids is 2. The van der Waals surface area contributed by atoms with Gasteiger partial charge in [0.25, 0.3) is 5.91 Å². The second-order valence-electron chi connectivity index (χ2n) is 11.4. The van der Waals surface area contributed by atoms with Gasteiger partial charge in [0.05, 0.1) is 29.5 Å². The van der Waals surface area contributed by atoms with Gasteiger partial charge in [-0.15, -0.1) is 0 Å². The molecule has 1 aliphatic carbocycles. The van der Waals surface area contributed by atoms with Gasteiger partial charge in [-0.3, -0.25) is 14.3 Å². The van der Waals surface area contributed by atoms with Crippen LogP contribution in [-0.2, 0) is 4.79 Å². The molecule has 0 unspecified atom stereocenters. The van der Waals surface area contributed by atoms with Crippen LogP contribution in [0.15, 0.2) is 30.7 Å². The Hall–Kier alpha value is -3.62. The second kappa shape index (κ2) is 11.0. The molecule has 0 saturated heterocycles. The molecule has 4 rings (SSSR count). The lowest BCUT2D eigenvalue weighted by atomic mass is 9.79. The highest BCUT2D eigenvalue weighted by Gasteiger charge is 2.49. The Balaban J connectivity index is 1.55. The molecule has 1 aliphatic rings. The van der Waals surface area contributed by atoms with Gasteiger partial charge in [0.1, 0.15) is 5.69 Å². The lowest BCUT2D eigenvalue weighted by Gasteiger charge is -2.34. The van der Waals surface area contributed by atoms with Crippen molar-refractivity contribution in [2.45, 2.75) is 83.8 Å². The Bertz CT molecular complexity index is 1410. The number of aromatic nitrogens is 5.